The predicted octanol–water partition coefficient (Wildman–Crippen LogP) is 2.11. The first kappa shape index (κ1) is 12.5. The molecule has 15 heavy (non-hydrogen) atoms. The summed E-state index contributed by atoms with van der Waals surface area (Å²) in [4.78, 5) is 11.4. The maximum Gasteiger partial charge on any atom is 0.322 e. The molecule has 1 fully saturated rings. The van der Waals surface area contributed by atoms with Crippen molar-refractivity contribution in [3.63, 3.8) is 0 Å². The molecular weight excluding hydrogens is 190 g/mol. The molecule has 3 nitrogen and oxygen atoms in total. The van der Waals surface area contributed by atoms with Gasteiger partial charge in [-0.25, -0.2) is 0 Å². The van der Waals surface area contributed by atoms with E-state index in [1.54, 1.807) is 0 Å². The number of hydrogen-bond donors (Lipinski definition) is 1. The summed E-state index contributed by atoms with van der Waals surface area (Å²) in [6, 6.07) is 0.295. The lowest BCUT2D eigenvalue weighted by Crippen LogP contribution is -2.41. The minimum Gasteiger partial charge on any atom is -0.465 e. The van der Waals surface area contributed by atoms with E-state index in [1.807, 2.05) is 13.8 Å². The highest BCUT2D eigenvalue weighted by molar-refractivity contribution is 5.75. The summed E-state index contributed by atoms with van der Waals surface area (Å²) in [6.07, 6.45) is 3.55. The van der Waals surface area contributed by atoms with Crippen molar-refractivity contribution in [2.45, 2.75) is 59.0 Å². The van der Waals surface area contributed by atoms with E-state index in [4.69, 9.17) is 4.74 Å². The number of esters is 1. The monoisotopic (exact) mass is 213 g/mol. The second-order valence-electron chi connectivity index (χ2n) is 5.24. The van der Waals surface area contributed by atoms with Gasteiger partial charge in [-0.15, -0.1) is 0 Å². The standard InChI is InChI=1S/C12H23NO2/c1-5-15-11(14)9(2)13-10-6-7-12(3,4)8-10/h9-10,13H,5-8H2,1-4H3. The van der Waals surface area contributed by atoms with Crippen LogP contribution in [0.3, 0.4) is 0 Å². The van der Waals surface area contributed by atoms with Crippen LogP contribution in [-0.4, -0.2) is 24.7 Å². The van der Waals surface area contributed by atoms with E-state index in [2.05, 4.69) is 19.2 Å². The first-order chi connectivity index (χ1) is 6.94. The Balaban J connectivity index is 2.33. The van der Waals surface area contributed by atoms with Gasteiger partial charge in [0.1, 0.15) is 6.04 Å². The normalized spacial score (nSPS) is 26.3. The molecule has 0 spiro atoms. The van der Waals surface area contributed by atoms with Crippen molar-refractivity contribution >= 4 is 5.97 Å². The van der Waals surface area contributed by atoms with E-state index in [0.29, 0.717) is 18.1 Å². The minimum atomic E-state index is -0.177. The van der Waals surface area contributed by atoms with Crippen molar-refractivity contribution in [2.75, 3.05) is 6.61 Å². The SMILES string of the molecule is CCOC(=O)C(C)NC1CCC(C)(C)C1. The third-order valence-electron chi connectivity index (χ3n) is 3.09. The van der Waals surface area contributed by atoms with Gasteiger partial charge in [0.05, 0.1) is 6.61 Å². The second-order valence-corrected chi connectivity index (χ2v) is 5.24. The number of hydrogen-bond acceptors (Lipinski definition) is 3. The van der Waals surface area contributed by atoms with Crippen LogP contribution in [0.4, 0.5) is 0 Å². The summed E-state index contributed by atoms with van der Waals surface area (Å²) in [5.41, 5.74) is 0.423. The topological polar surface area (TPSA) is 38.3 Å². The van der Waals surface area contributed by atoms with Crippen LogP contribution in [-0.2, 0) is 9.53 Å². The van der Waals surface area contributed by atoms with Crippen LogP contribution in [0.15, 0.2) is 0 Å². The molecule has 0 aromatic carbocycles. The fourth-order valence-corrected chi connectivity index (χ4v) is 2.27. The molecule has 88 valence electrons. The summed E-state index contributed by atoms with van der Waals surface area (Å²) >= 11 is 0. The minimum absolute atomic E-state index is 0.137. The van der Waals surface area contributed by atoms with Crippen molar-refractivity contribution < 1.29 is 9.53 Å². The van der Waals surface area contributed by atoms with Crippen LogP contribution < -0.4 is 5.32 Å². The molecule has 0 saturated heterocycles. The van der Waals surface area contributed by atoms with Crippen LogP contribution in [0.5, 0.6) is 0 Å². The number of nitrogens with one attached hydrogen (secondary N) is 1. The molecule has 3 heteroatoms. The van der Waals surface area contributed by atoms with Crippen LogP contribution in [0.2, 0.25) is 0 Å². The van der Waals surface area contributed by atoms with Gasteiger partial charge in [0.15, 0.2) is 0 Å². The second kappa shape index (κ2) is 4.97. The Bertz CT molecular complexity index is 226. The molecule has 1 aliphatic rings. The van der Waals surface area contributed by atoms with E-state index in [0.717, 1.165) is 12.8 Å². The smallest absolute Gasteiger partial charge is 0.322 e. The van der Waals surface area contributed by atoms with Crippen LogP contribution >= 0.6 is 0 Å². The number of ether oxygens (including phenoxy) is 1. The van der Waals surface area contributed by atoms with Gasteiger partial charge in [-0.3, -0.25) is 4.79 Å². The quantitative estimate of drug-likeness (QED) is 0.727. The van der Waals surface area contributed by atoms with Crippen LogP contribution in [0.1, 0.15) is 47.0 Å². The molecule has 0 aromatic rings. The van der Waals surface area contributed by atoms with E-state index in [-0.39, 0.29) is 12.0 Å². The van der Waals surface area contributed by atoms with E-state index >= 15 is 0 Å². The Hall–Kier alpha value is -0.570. The Morgan fingerprint density at radius 1 is 1.60 bits per heavy atom. The predicted molar refractivity (Wildman–Crippen MR) is 60.7 cm³/mol. The van der Waals surface area contributed by atoms with Crippen molar-refractivity contribution in [1.82, 2.24) is 5.32 Å². The first-order valence-electron chi connectivity index (χ1n) is 5.87. The maximum atomic E-state index is 11.4. The largest absolute Gasteiger partial charge is 0.465 e. The summed E-state index contributed by atoms with van der Waals surface area (Å²) in [5, 5.41) is 3.34. The van der Waals surface area contributed by atoms with Crippen molar-refractivity contribution in [3.05, 3.63) is 0 Å². The van der Waals surface area contributed by atoms with Gasteiger partial charge in [0.2, 0.25) is 0 Å². The van der Waals surface area contributed by atoms with Gasteiger partial charge in [0, 0.05) is 6.04 Å². The lowest BCUT2D eigenvalue weighted by Gasteiger charge is -2.20. The number of carbonyl (C=O) groups excluding carboxylic acids is 1. The van der Waals surface area contributed by atoms with Gasteiger partial charge in [0.25, 0.3) is 0 Å². The zero-order valence-electron chi connectivity index (χ0n) is 10.3. The zero-order valence-corrected chi connectivity index (χ0v) is 10.3. The molecule has 0 amide bonds. The molecule has 2 atom stereocenters. The number of carbonyl (C=O) groups is 1. The summed E-state index contributed by atoms with van der Waals surface area (Å²) in [7, 11) is 0. The summed E-state index contributed by atoms with van der Waals surface area (Å²) in [6.45, 7) is 8.74. The average molecular weight is 213 g/mol. The average Bonchev–Trinajstić information content (AvgIpc) is 2.46. The Morgan fingerprint density at radius 3 is 2.73 bits per heavy atom. The lowest BCUT2D eigenvalue weighted by atomic mass is 9.92. The van der Waals surface area contributed by atoms with Crippen molar-refractivity contribution in [2.24, 2.45) is 5.41 Å². The zero-order chi connectivity index (χ0) is 11.5. The molecule has 0 radical (unpaired) electrons. The number of rotatable bonds is 4. The molecule has 0 aliphatic heterocycles. The molecule has 0 heterocycles. The molecule has 1 rings (SSSR count). The van der Waals surface area contributed by atoms with E-state index in [9.17, 15) is 4.79 Å². The van der Waals surface area contributed by atoms with Gasteiger partial charge < -0.3 is 10.1 Å². The van der Waals surface area contributed by atoms with Gasteiger partial charge in [-0.2, -0.15) is 0 Å². The highest BCUT2D eigenvalue weighted by atomic mass is 16.5. The molecule has 1 N–H and O–H groups in total. The van der Waals surface area contributed by atoms with Crippen molar-refractivity contribution in [1.29, 1.82) is 0 Å². The van der Waals surface area contributed by atoms with E-state index in [1.165, 1.54) is 6.42 Å². The molecule has 2 unspecified atom stereocenters. The van der Waals surface area contributed by atoms with Gasteiger partial charge in [-0.05, 0) is 38.5 Å². The third-order valence-corrected chi connectivity index (χ3v) is 3.09. The maximum absolute atomic E-state index is 11.4. The molecule has 1 aliphatic carbocycles. The highest BCUT2D eigenvalue weighted by Gasteiger charge is 2.32. The molecule has 0 aromatic heterocycles. The molecular formula is C12H23NO2. The van der Waals surface area contributed by atoms with Crippen molar-refractivity contribution in [3.8, 4) is 0 Å². The van der Waals surface area contributed by atoms with Gasteiger partial charge in [-0.1, -0.05) is 13.8 Å². The van der Waals surface area contributed by atoms with E-state index < -0.39 is 0 Å². The lowest BCUT2D eigenvalue weighted by molar-refractivity contribution is -0.145. The fraction of sp³-hybridized carbons (Fsp3) is 0.917. The molecule has 0 bridgehead atoms. The van der Waals surface area contributed by atoms with Crippen LogP contribution in [0, 0.1) is 5.41 Å². The van der Waals surface area contributed by atoms with Crippen LogP contribution in [0.25, 0.3) is 0 Å². The van der Waals surface area contributed by atoms with Gasteiger partial charge >= 0.3 is 5.97 Å². The fourth-order valence-electron chi connectivity index (χ4n) is 2.27. The third kappa shape index (κ3) is 3.82. The Labute approximate surface area is 92.6 Å². The Morgan fingerprint density at radius 2 is 2.27 bits per heavy atom. The summed E-state index contributed by atoms with van der Waals surface area (Å²) in [5.74, 6) is -0.137. The molecule has 1 saturated carbocycles. The highest BCUT2D eigenvalue weighted by Crippen LogP contribution is 2.37. The Kier molecular flexibility index (Phi) is 4.14. The first-order valence-corrected chi connectivity index (χ1v) is 5.87. The summed E-state index contributed by atoms with van der Waals surface area (Å²) < 4.78 is 4.96.